The van der Waals surface area contributed by atoms with Crippen molar-refractivity contribution in [3.8, 4) is 5.75 Å². The van der Waals surface area contributed by atoms with E-state index in [1.807, 2.05) is 13.8 Å². The summed E-state index contributed by atoms with van der Waals surface area (Å²) >= 11 is 0. The van der Waals surface area contributed by atoms with E-state index in [-0.39, 0.29) is 29.6 Å². The molecule has 2 aromatic rings. The lowest BCUT2D eigenvalue weighted by atomic mass is 9.86. The zero-order valence-electron chi connectivity index (χ0n) is 23.1. The van der Waals surface area contributed by atoms with Crippen LogP contribution in [0, 0.1) is 11.3 Å². The van der Waals surface area contributed by atoms with Crippen molar-refractivity contribution in [2.45, 2.75) is 77.4 Å². The molecule has 2 amide bonds. The Hall–Kier alpha value is -3.40. The van der Waals surface area contributed by atoms with Crippen LogP contribution in [-0.4, -0.2) is 64.3 Å². The van der Waals surface area contributed by atoms with E-state index in [2.05, 4.69) is 20.5 Å². The average Bonchev–Trinajstić information content (AvgIpc) is 3.44. The van der Waals surface area contributed by atoms with Crippen LogP contribution >= 0.6 is 0 Å². The van der Waals surface area contributed by atoms with Crippen LogP contribution in [0.1, 0.15) is 75.6 Å². The number of amides is 2. The quantitative estimate of drug-likeness (QED) is 0.408. The van der Waals surface area contributed by atoms with Crippen LogP contribution in [0.4, 0.5) is 23.1 Å². The van der Waals surface area contributed by atoms with Gasteiger partial charge in [-0.1, -0.05) is 25.7 Å². The molecule has 0 spiro atoms. The largest absolute Gasteiger partial charge is 0.506 e. The van der Waals surface area contributed by atoms with Crippen molar-refractivity contribution >= 4 is 35.0 Å². The van der Waals surface area contributed by atoms with Gasteiger partial charge in [-0.15, -0.1) is 0 Å². The second-order valence-corrected chi connectivity index (χ2v) is 11.9. The number of hydrogen-bond acceptors (Lipinski definition) is 8. The molecule has 0 saturated heterocycles. The third-order valence-corrected chi connectivity index (χ3v) is 8.50. The lowest BCUT2D eigenvalue weighted by Crippen LogP contribution is -2.45. The number of aliphatic hydroxyl groups is 1. The highest BCUT2D eigenvalue weighted by molar-refractivity contribution is 6.01. The van der Waals surface area contributed by atoms with Gasteiger partial charge in [-0.2, -0.15) is 4.98 Å². The van der Waals surface area contributed by atoms with Crippen molar-refractivity contribution in [2.24, 2.45) is 11.3 Å². The van der Waals surface area contributed by atoms with E-state index >= 15 is 0 Å². The molecule has 1 aliphatic heterocycles. The summed E-state index contributed by atoms with van der Waals surface area (Å²) in [6, 6.07) is 4.99. The number of rotatable bonds is 6. The summed E-state index contributed by atoms with van der Waals surface area (Å²) in [6.07, 6.45) is 9.47. The Morgan fingerprint density at radius 1 is 1.13 bits per heavy atom. The van der Waals surface area contributed by atoms with Crippen LogP contribution in [0.15, 0.2) is 24.4 Å². The predicted octanol–water partition coefficient (Wildman–Crippen LogP) is 3.96. The normalized spacial score (nSPS) is 23.3. The van der Waals surface area contributed by atoms with E-state index in [4.69, 9.17) is 4.98 Å². The number of anilines is 4. The van der Waals surface area contributed by atoms with E-state index in [0.717, 1.165) is 51.4 Å². The van der Waals surface area contributed by atoms with Gasteiger partial charge in [0.25, 0.3) is 5.91 Å². The lowest BCUT2D eigenvalue weighted by molar-refractivity contribution is -0.125. The summed E-state index contributed by atoms with van der Waals surface area (Å²) in [6.45, 7) is 4.92. The molecule has 10 nitrogen and oxygen atoms in total. The number of hydrogen-bond donors (Lipinski definition) is 4. The lowest BCUT2D eigenvalue weighted by Gasteiger charge is -2.34. The first-order valence-electron chi connectivity index (χ1n) is 14.1. The molecule has 0 radical (unpaired) electrons. The molecular formula is C29H40N6O4. The molecule has 2 aliphatic carbocycles. The molecule has 0 unspecified atom stereocenters. The van der Waals surface area contributed by atoms with Gasteiger partial charge in [-0.05, 0) is 57.7 Å². The van der Waals surface area contributed by atoms with E-state index < -0.39 is 5.41 Å². The van der Waals surface area contributed by atoms with E-state index in [1.165, 1.54) is 6.07 Å². The van der Waals surface area contributed by atoms with Crippen molar-refractivity contribution in [1.82, 2.24) is 15.3 Å². The molecule has 2 heterocycles. The molecule has 5 rings (SSSR count). The number of carbonyl (C=O) groups excluding carboxylic acids is 2. The summed E-state index contributed by atoms with van der Waals surface area (Å²) in [5, 5.41) is 26.9. The Morgan fingerprint density at radius 3 is 2.56 bits per heavy atom. The minimum absolute atomic E-state index is 0.0260. The maximum absolute atomic E-state index is 13.2. The maximum Gasteiger partial charge on any atom is 0.251 e. The Balaban J connectivity index is 1.34. The zero-order valence-corrected chi connectivity index (χ0v) is 23.1. The van der Waals surface area contributed by atoms with Gasteiger partial charge in [0.1, 0.15) is 11.4 Å². The minimum Gasteiger partial charge on any atom is -0.506 e. The fraction of sp³-hybridized carbons (Fsp3) is 0.586. The van der Waals surface area contributed by atoms with Gasteiger partial charge >= 0.3 is 0 Å². The molecule has 4 N–H and O–H groups in total. The first-order valence-corrected chi connectivity index (χ1v) is 14.1. The highest BCUT2D eigenvalue weighted by atomic mass is 16.3. The Labute approximate surface area is 229 Å². The molecule has 10 heteroatoms. The number of aromatic hydroxyl groups is 1. The van der Waals surface area contributed by atoms with Crippen LogP contribution < -0.4 is 20.4 Å². The second kappa shape index (κ2) is 11.0. The molecule has 1 aromatic carbocycles. The number of benzene rings is 1. The van der Waals surface area contributed by atoms with Crippen molar-refractivity contribution in [3.05, 3.63) is 30.0 Å². The molecule has 2 atom stereocenters. The summed E-state index contributed by atoms with van der Waals surface area (Å²) < 4.78 is 0. The molecule has 2 saturated carbocycles. The fourth-order valence-electron chi connectivity index (χ4n) is 6.18. The van der Waals surface area contributed by atoms with Crippen molar-refractivity contribution in [2.75, 3.05) is 35.3 Å². The second-order valence-electron chi connectivity index (χ2n) is 11.9. The van der Waals surface area contributed by atoms with Crippen LogP contribution in [0.2, 0.25) is 0 Å². The third kappa shape index (κ3) is 5.66. The number of fused-ring (bicyclic) bond motifs is 1. The van der Waals surface area contributed by atoms with Gasteiger partial charge in [0, 0.05) is 37.7 Å². The Kier molecular flexibility index (Phi) is 7.66. The highest BCUT2D eigenvalue weighted by Gasteiger charge is 2.41. The van der Waals surface area contributed by atoms with Crippen molar-refractivity contribution in [3.63, 3.8) is 0 Å². The average molecular weight is 537 g/mol. The monoisotopic (exact) mass is 536 g/mol. The van der Waals surface area contributed by atoms with Crippen LogP contribution in [-0.2, 0) is 4.79 Å². The van der Waals surface area contributed by atoms with Gasteiger partial charge in [-0.25, -0.2) is 4.98 Å². The topological polar surface area (TPSA) is 131 Å². The van der Waals surface area contributed by atoms with Gasteiger partial charge < -0.3 is 30.6 Å². The smallest absolute Gasteiger partial charge is 0.251 e. The van der Waals surface area contributed by atoms with Gasteiger partial charge in [0.05, 0.1) is 23.4 Å². The van der Waals surface area contributed by atoms with Gasteiger partial charge in [-0.3, -0.25) is 9.59 Å². The molecule has 1 aromatic heterocycles. The number of aromatic nitrogens is 2. The third-order valence-electron chi connectivity index (χ3n) is 8.50. The van der Waals surface area contributed by atoms with E-state index in [1.54, 1.807) is 30.3 Å². The highest BCUT2D eigenvalue weighted by Crippen LogP contribution is 2.40. The van der Waals surface area contributed by atoms with Crippen LogP contribution in [0.5, 0.6) is 5.75 Å². The Morgan fingerprint density at radius 2 is 1.85 bits per heavy atom. The number of carbonyl (C=O) groups is 2. The van der Waals surface area contributed by atoms with Gasteiger partial charge in [0.2, 0.25) is 11.9 Å². The molecule has 210 valence electrons. The maximum atomic E-state index is 13.2. The number of nitrogens with one attached hydrogen (secondary N) is 2. The number of nitrogens with zero attached hydrogens (tertiary/aromatic N) is 4. The fourth-order valence-corrected chi connectivity index (χ4v) is 6.18. The minimum atomic E-state index is -0.574. The summed E-state index contributed by atoms with van der Waals surface area (Å²) in [5.74, 6) is 0.708. The van der Waals surface area contributed by atoms with E-state index in [9.17, 15) is 19.8 Å². The van der Waals surface area contributed by atoms with Crippen LogP contribution in [0.25, 0.3) is 0 Å². The SMILES string of the molecule is CN1C(=O)C(C)(C)CN(C2CCCC2)c2nc(Nc3ccc(C(=O)NC[C@@H]4CCCC[C@H]4O)cc3O)ncc21. The molecule has 39 heavy (non-hydrogen) atoms. The standard InChI is InChI=1S/C29H40N6O4/c1-29(2)17-35(20-9-5-6-10-20)25-22(34(3)27(29)39)16-31-28(33-25)32-21-13-12-18(14-24(21)37)26(38)30-15-19-8-4-7-11-23(19)36/h12-14,16,19-20,23,36-37H,4-11,15,17H2,1-3H3,(H,30,38)(H,31,32,33)/t19-,23+/m0/s1. The van der Waals surface area contributed by atoms with Crippen molar-refractivity contribution in [1.29, 1.82) is 0 Å². The summed E-state index contributed by atoms with van der Waals surface area (Å²) in [7, 11) is 1.77. The Bertz CT molecular complexity index is 1230. The number of aliphatic hydroxyl groups excluding tert-OH is 1. The number of phenols is 1. The summed E-state index contributed by atoms with van der Waals surface area (Å²) in [5.41, 5.74) is 0.804. The van der Waals surface area contributed by atoms with Gasteiger partial charge in [0.15, 0.2) is 5.82 Å². The zero-order chi connectivity index (χ0) is 27.7. The first kappa shape index (κ1) is 27.2. The van der Waals surface area contributed by atoms with E-state index in [0.29, 0.717) is 47.8 Å². The molecule has 3 aliphatic rings. The molecule has 2 fully saturated rings. The van der Waals surface area contributed by atoms with Crippen molar-refractivity contribution < 1.29 is 19.8 Å². The predicted molar refractivity (Wildman–Crippen MR) is 151 cm³/mol. The molecular weight excluding hydrogens is 496 g/mol. The molecule has 0 bridgehead atoms. The first-order chi connectivity index (χ1) is 18.6. The summed E-state index contributed by atoms with van der Waals surface area (Å²) in [4.78, 5) is 39.1. The number of phenolic OH excluding ortho intramolecular Hbond substituents is 1. The van der Waals surface area contributed by atoms with Crippen LogP contribution in [0.3, 0.4) is 0 Å².